The third-order valence-corrected chi connectivity index (χ3v) is 1.66. The summed E-state index contributed by atoms with van der Waals surface area (Å²) < 4.78 is 48.2. The van der Waals surface area contributed by atoms with Crippen molar-refractivity contribution in [3.63, 3.8) is 0 Å². The van der Waals surface area contributed by atoms with Crippen LogP contribution in [0.15, 0.2) is 18.5 Å². The van der Waals surface area contributed by atoms with Crippen LogP contribution in [-0.4, -0.2) is 30.2 Å². The van der Waals surface area contributed by atoms with E-state index in [1.54, 1.807) is 0 Å². The molecule has 0 saturated heterocycles. The third-order valence-electron chi connectivity index (χ3n) is 1.66. The highest BCUT2D eigenvalue weighted by Crippen LogP contribution is 2.12. The number of aromatic nitrogens is 1. The summed E-state index contributed by atoms with van der Waals surface area (Å²) in [6, 6.07) is 1.21. The van der Waals surface area contributed by atoms with Gasteiger partial charge in [-0.05, 0) is 6.07 Å². The quantitative estimate of drug-likeness (QED) is 0.793. The van der Waals surface area contributed by atoms with Crippen LogP contribution in [0.4, 0.5) is 23.2 Å². The van der Waals surface area contributed by atoms with E-state index in [9.17, 15) is 22.4 Å². The van der Waals surface area contributed by atoms with Crippen molar-refractivity contribution in [2.24, 2.45) is 0 Å². The number of hydrogen-bond acceptors (Lipinski definition) is 3. The van der Waals surface area contributed by atoms with E-state index in [0.29, 0.717) is 0 Å². The molecule has 1 aromatic rings. The maximum absolute atomic E-state index is 13.0. The highest BCUT2D eigenvalue weighted by atomic mass is 19.4. The number of nitrogens with zero attached hydrogens (tertiary/aromatic N) is 1. The van der Waals surface area contributed by atoms with E-state index in [2.05, 4.69) is 10.3 Å². The second kappa shape index (κ2) is 5.58. The number of hydrogen-bond donors (Lipinski definition) is 2. The van der Waals surface area contributed by atoms with Crippen molar-refractivity contribution in [2.45, 2.75) is 6.18 Å². The molecule has 0 aliphatic carbocycles. The highest BCUT2D eigenvalue weighted by molar-refractivity contribution is 5.92. The van der Waals surface area contributed by atoms with E-state index in [4.69, 9.17) is 0 Å². The van der Waals surface area contributed by atoms with Crippen LogP contribution in [0.3, 0.4) is 0 Å². The lowest BCUT2D eigenvalue weighted by Gasteiger charge is -2.08. The smallest absolute Gasteiger partial charge is 0.322 e. The van der Waals surface area contributed by atoms with Crippen LogP contribution >= 0.6 is 0 Å². The lowest BCUT2D eigenvalue weighted by molar-refractivity contribution is -0.126. The van der Waals surface area contributed by atoms with Gasteiger partial charge in [0.15, 0.2) is 5.82 Å². The molecule has 1 amide bonds. The molecule has 0 bridgehead atoms. The van der Waals surface area contributed by atoms with Gasteiger partial charge in [-0.1, -0.05) is 0 Å². The molecule has 0 atom stereocenters. The number of nitrogens with one attached hydrogen (secondary N) is 2. The zero-order chi connectivity index (χ0) is 12.9. The molecule has 0 spiro atoms. The Balaban J connectivity index is 2.38. The van der Waals surface area contributed by atoms with Gasteiger partial charge in [0, 0.05) is 6.20 Å². The van der Waals surface area contributed by atoms with Gasteiger partial charge in [0.05, 0.1) is 25.0 Å². The fourth-order valence-electron chi connectivity index (χ4n) is 0.989. The van der Waals surface area contributed by atoms with Gasteiger partial charge in [-0.3, -0.25) is 9.78 Å². The second-order valence-electron chi connectivity index (χ2n) is 3.12. The standard InChI is InChI=1S/C9H9F4N3O/c10-6-3-14-2-1-7(6)16-8(17)4-15-5-9(11,12)13/h1-3,15H,4-5H2,(H,14,16,17). The minimum Gasteiger partial charge on any atom is -0.322 e. The molecule has 0 aliphatic heterocycles. The van der Waals surface area contributed by atoms with Gasteiger partial charge in [0.25, 0.3) is 0 Å². The van der Waals surface area contributed by atoms with Crippen LogP contribution in [0.2, 0.25) is 0 Å². The molecule has 0 radical (unpaired) electrons. The van der Waals surface area contributed by atoms with E-state index in [1.165, 1.54) is 12.3 Å². The van der Waals surface area contributed by atoms with Gasteiger partial charge >= 0.3 is 6.18 Å². The minimum absolute atomic E-state index is 0.126. The van der Waals surface area contributed by atoms with Crippen LogP contribution in [-0.2, 0) is 4.79 Å². The van der Waals surface area contributed by atoms with Gasteiger partial charge in [0.2, 0.25) is 5.91 Å². The number of pyridine rings is 1. The van der Waals surface area contributed by atoms with Crippen molar-refractivity contribution < 1.29 is 22.4 Å². The SMILES string of the molecule is O=C(CNCC(F)(F)F)Nc1ccncc1F. The molecular weight excluding hydrogens is 242 g/mol. The van der Waals surface area contributed by atoms with Gasteiger partial charge in [-0.2, -0.15) is 13.2 Å². The van der Waals surface area contributed by atoms with Crippen LogP contribution in [0.5, 0.6) is 0 Å². The van der Waals surface area contributed by atoms with E-state index < -0.39 is 31.0 Å². The molecule has 0 saturated carbocycles. The minimum atomic E-state index is -4.39. The number of carbonyl (C=O) groups excluding carboxylic acids is 1. The summed E-state index contributed by atoms with van der Waals surface area (Å²) in [6.45, 7) is -1.83. The fourth-order valence-corrected chi connectivity index (χ4v) is 0.989. The van der Waals surface area contributed by atoms with Crippen LogP contribution in [0, 0.1) is 5.82 Å². The van der Waals surface area contributed by atoms with Gasteiger partial charge < -0.3 is 10.6 Å². The van der Waals surface area contributed by atoms with Gasteiger partial charge in [-0.25, -0.2) is 4.39 Å². The molecule has 8 heteroatoms. The number of amides is 1. The Morgan fingerprint density at radius 2 is 2.12 bits per heavy atom. The summed E-state index contributed by atoms with van der Waals surface area (Å²) in [6.07, 6.45) is -2.25. The Kier molecular flexibility index (Phi) is 4.38. The molecule has 1 aromatic heterocycles. The van der Waals surface area contributed by atoms with Gasteiger partial charge in [-0.15, -0.1) is 0 Å². The van der Waals surface area contributed by atoms with Crippen molar-refractivity contribution in [3.05, 3.63) is 24.3 Å². The first-order valence-electron chi connectivity index (χ1n) is 4.55. The molecule has 1 heterocycles. The average Bonchev–Trinajstić information content (AvgIpc) is 2.19. The van der Waals surface area contributed by atoms with E-state index in [0.717, 1.165) is 6.20 Å². The zero-order valence-corrected chi connectivity index (χ0v) is 8.51. The molecule has 0 aromatic carbocycles. The Morgan fingerprint density at radius 3 is 2.71 bits per heavy atom. The first-order chi connectivity index (χ1) is 7.88. The number of halogens is 4. The Bertz CT molecular complexity index is 394. The molecule has 1 rings (SSSR count). The second-order valence-corrected chi connectivity index (χ2v) is 3.12. The molecule has 4 nitrogen and oxygen atoms in total. The van der Waals surface area contributed by atoms with Crippen molar-refractivity contribution in [1.29, 1.82) is 0 Å². The van der Waals surface area contributed by atoms with Crippen molar-refractivity contribution in [2.75, 3.05) is 18.4 Å². The number of anilines is 1. The summed E-state index contributed by atoms with van der Waals surface area (Å²) in [5.74, 6) is -1.52. The third kappa shape index (κ3) is 5.25. The fraction of sp³-hybridized carbons (Fsp3) is 0.333. The predicted octanol–water partition coefficient (Wildman–Crippen LogP) is 1.31. The van der Waals surface area contributed by atoms with Crippen LogP contribution in [0.1, 0.15) is 0 Å². The number of rotatable bonds is 4. The number of carbonyl (C=O) groups is 1. The van der Waals surface area contributed by atoms with Crippen molar-refractivity contribution in [3.8, 4) is 0 Å². The Hall–Kier alpha value is -1.70. The molecule has 17 heavy (non-hydrogen) atoms. The summed E-state index contributed by atoms with van der Waals surface area (Å²) in [5.41, 5.74) is -0.126. The Labute approximate surface area is 94.0 Å². The van der Waals surface area contributed by atoms with Crippen LogP contribution in [0.25, 0.3) is 0 Å². The monoisotopic (exact) mass is 251 g/mol. The van der Waals surface area contributed by atoms with E-state index in [-0.39, 0.29) is 5.69 Å². The van der Waals surface area contributed by atoms with E-state index in [1.807, 2.05) is 5.32 Å². The summed E-state index contributed by atoms with van der Waals surface area (Å²) in [5, 5.41) is 4.00. The largest absolute Gasteiger partial charge is 0.401 e. The maximum Gasteiger partial charge on any atom is 0.401 e. The van der Waals surface area contributed by atoms with Crippen LogP contribution < -0.4 is 10.6 Å². The molecule has 0 unspecified atom stereocenters. The summed E-state index contributed by atoms with van der Waals surface area (Å²) in [7, 11) is 0. The molecule has 2 N–H and O–H groups in total. The maximum atomic E-state index is 13.0. The summed E-state index contributed by atoms with van der Waals surface area (Å²) in [4.78, 5) is 14.6. The molecule has 94 valence electrons. The Morgan fingerprint density at radius 1 is 1.41 bits per heavy atom. The predicted molar refractivity (Wildman–Crippen MR) is 51.7 cm³/mol. The van der Waals surface area contributed by atoms with E-state index >= 15 is 0 Å². The number of alkyl halides is 3. The zero-order valence-electron chi connectivity index (χ0n) is 8.51. The summed E-state index contributed by atoms with van der Waals surface area (Å²) >= 11 is 0. The molecule has 0 fully saturated rings. The normalized spacial score (nSPS) is 11.3. The highest BCUT2D eigenvalue weighted by Gasteiger charge is 2.26. The molecular formula is C9H9F4N3O. The van der Waals surface area contributed by atoms with Gasteiger partial charge in [0.1, 0.15) is 0 Å². The topological polar surface area (TPSA) is 54.0 Å². The lowest BCUT2D eigenvalue weighted by Crippen LogP contribution is -2.35. The van der Waals surface area contributed by atoms with Crippen molar-refractivity contribution >= 4 is 11.6 Å². The van der Waals surface area contributed by atoms with Crippen molar-refractivity contribution in [1.82, 2.24) is 10.3 Å². The molecule has 0 aliphatic rings. The average molecular weight is 251 g/mol. The first-order valence-corrected chi connectivity index (χ1v) is 4.55. The lowest BCUT2D eigenvalue weighted by atomic mass is 10.4. The first kappa shape index (κ1) is 13.4.